The summed E-state index contributed by atoms with van der Waals surface area (Å²) in [6.45, 7) is 0. The smallest absolute Gasteiger partial charge is 0.142 e. The number of allylic oxidation sites excluding steroid dienone is 1. The number of nitrogens with one attached hydrogen (secondary N) is 1. The summed E-state index contributed by atoms with van der Waals surface area (Å²) < 4.78 is 14.7. The summed E-state index contributed by atoms with van der Waals surface area (Å²) in [6, 6.07) is 5.50. The molecule has 3 heteroatoms. The summed E-state index contributed by atoms with van der Waals surface area (Å²) in [5.74, 6) is -0.151. The molecule has 0 heterocycles. The highest BCUT2D eigenvalue weighted by molar-refractivity contribution is 9.10. The predicted octanol–water partition coefficient (Wildman–Crippen LogP) is 4.74. The Hall–Kier alpha value is -0.670. The van der Waals surface area contributed by atoms with Crippen molar-refractivity contribution in [3.8, 4) is 0 Å². The van der Waals surface area contributed by atoms with Crippen molar-refractivity contribution in [1.29, 1.82) is 0 Å². The molecule has 0 saturated carbocycles. The first-order valence-electron chi connectivity index (χ1n) is 6.54. The Kier molecular flexibility index (Phi) is 4.95. The maximum absolute atomic E-state index is 14.2. The van der Waals surface area contributed by atoms with Gasteiger partial charge in [0.05, 0.1) is 10.5 Å². The zero-order valence-corrected chi connectivity index (χ0v) is 12.3. The largest absolute Gasteiger partial charge is 0.310 e. The first kappa shape index (κ1) is 13.8. The molecule has 0 radical (unpaired) electrons. The van der Waals surface area contributed by atoms with Crippen LogP contribution in [0.25, 0.3) is 0 Å². The van der Waals surface area contributed by atoms with Crippen molar-refractivity contribution in [2.24, 2.45) is 0 Å². The molecule has 1 N–H and O–H groups in total. The standard InChI is InChI=1S/C15H19BrFN/c1-18-15(11-7-4-2-3-5-8-11)12-9-6-10-13(16)14(12)17/h6-7,9-10,15,18H,2-5,8H2,1H3. The maximum Gasteiger partial charge on any atom is 0.142 e. The molecule has 0 amide bonds. The molecule has 1 atom stereocenters. The lowest BCUT2D eigenvalue weighted by Gasteiger charge is -2.21. The van der Waals surface area contributed by atoms with E-state index < -0.39 is 0 Å². The van der Waals surface area contributed by atoms with E-state index in [-0.39, 0.29) is 11.9 Å². The minimum absolute atomic E-state index is 0.000556. The number of halogens is 2. The van der Waals surface area contributed by atoms with Crippen LogP contribution in [0.4, 0.5) is 4.39 Å². The Morgan fingerprint density at radius 1 is 1.28 bits per heavy atom. The summed E-state index contributed by atoms with van der Waals surface area (Å²) in [6.07, 6.45) is 8.20. The van der Waals surface area contributed by atoms with Gasteiger partial charge in [-0.05, 0) is 54.7 Å². The fourth-order valence-corrected chi connectivity index (χ4v) is 2.97. The van der Waals surface area contributed by atoms with Gasteiger partial charge in [-0.2, -0.15) is 0 Å². The normalized spacial score (nSPS) is 18.1. The molecule has 0 aromatic heterocycles. The van der Waals surface area contributed by atoms with Crippen molar-refractivity contribution in [2.75, 3.05) is 7.05 Å². The van der Waals surface area contributed by atoms with Gasteiger partial charge in [0, 0.05) is 5.56 Å². The second-order valence-corrected chi connectivity index (χ2v) is 5.60. The van der Waals surface area contributed by atoms with Crippen molar-refractivity contribution < 1.29 is 4.39 Å². The van der Waals surface area contributed by atoms with Crippen molar-refractivity contribution in [1.82, 2.24) is 5.32 Å². The van der Waals surface area contributed by atoms with Gasteiger partial charge in [0.1, 0.15) is 5.82 Å². The molecule has 0 aliphatic heterocycles. The van der Waals surface area contributed by atoms with Gasteiger partial charge in [0.25, 0.3) is 0 Å². The molecule has 1 aromatic rings. The van der Waals surface area contributed by atoms with Crippen LogP contribution in [0.15, 0.2) is 34.3 Å². The predicted molar refractivity (Wildman–Crippen MR) is 77.1 cm³/mol. The van der Waals surface area contributed by atoms with Gasteiger partial charge in [-0.15, -0.1) is 0 Å². The van der Waals surface area contributed by atoms with E-state index in [9.17, 15) is 4.39 Å². The molecular weight excluding hydrogens is 293 g/mol. The minimum Gasteiger partial charge on any atom is -0.310 e. The molecule has 1 aromatic carbocycles. The van der Waals surface area contributed by atoms with E-state index in [0.717, 1.165) is 18.4 Å². The third kappa shape index (κ3) is 3.01. The van der Waals surface area contributed by atoms with Crippen molar-refractivity contribution in [2.45, 2.75) is 38.1 Å². The van der Waals surface area contributed by atoms with Crippen LogP contribution in [0.3, 0.4) is 0 Å². The molecule has 2 rings (SSSR count). The second-order valence-electron chi connectivity index (χ2n) is 4.74. The summed E-state index contributed by atoms with van der Waals surface area (Å²) in [4.78, 5) is 0. The van der Waals surface area contributed by atoms with E-state index in [2.05, 4.69) is 27.3 Å². The highest BCUT2D eigenvalue weighted by Crippen LogP contribution is 2.32. The van der Waals surface area contributed by atoms with Gasteiger partial charge in [-0.25, -0.2) is 4.39 Å². The number of likely N-dealkylation sites (N-methyl/N-ethyl adjacent to an activating group) is 1. The number of rotatable bonds is 3. The molecule has 18 heavy (non-hydrogen) atoms. The summed E-state index contributed by atoms with van der Waals surface area (Å²) in [5.41, 5.74) is 2.06. The van der Waals surface area contributed by atoms with Gasteiger partial charge in [-0.1, -0.05) is 30.2 Å². The molecule has 98 valence electrons. The van der Waals surface area contributed by atoms with E-state index in [1.54, 1.807) is 6.07 Å². The lowest BCUT2D eigenvalue weighted by atomic mass is 9.95. The molecule has 0 fully saturated rings. The Morgan fingerprint density at radius 2 is 2.11 bits per heavy atom. The third-order valence-corrected chi connectivity index (χ3v) is 4.14. The average Bonchev–Trinajstić information content (AvgIpc) is 2.64. The number of hydrogen-bond donors (Lipinski definition) is 1. The lowest BCUT2D eigenvalue weighted by molar-refractivity contribution is 0.556. The van der Waals surface area contributed by atoms with E-state index in [0.29, 0.717) is 4.47 Å². The van der Waals surface area contributed by atoms with E-state index >= 15 is 0 Å². The maximum atomic E-state index is 14.2. The zero-order chi connectivity index (χ0) is 13.0. The van der Waals surface area contributed by atoms with E-state index in [4.69, 9.17) is 0 Å². The lowest BCUT2D eigenvalue weighted by Crippen LogP contribution is -2.20. The second kappa shape index (κ2) is 6.48. The van der Waals surface area contributed by atoms with Crippen LogP contribution < -0.4 is 5.32 Å². The SMILES string of the molecule is CNC(C1=CCCCCC1)c1cccc(Br)c1F. The summed E-state index contributed by atoms with van der Waals surface area (Å²) in [7, 11) is 1.90. The first-order chi connectivity index (χ1) is 8.74. The topological polar surface area (TPSA) is 12.0 Å². The van der Waals surface area contributed by atoms with Crippen molar-refractivity contribution in [3.63, 3.8) is 0 Å². The van der Waals surface area contributed by atoms with Crippen LogP contribution in [0, 0.1) is 5.82 Å². The minimum atomic E-state index is -0.151. The van der Waals surface area contributed by atoms with Gasteiger partial charge >= 0.3 is 0 Å². The highest BCUT2D eigenvalue weighted by atomic mass is 79.9. The van der Waals surface area contributed by atoms with Gasteiger partial charge in [0.2, 0.25) is 0 Å². The average molecular weight is 312 g/mol. The Bertz CT molecular complexity index is 442. The molecule has 0 bridgehead atoms. The van der Waals surface area contributed by atoms with Crippen LogP contribution in [-0.2, 0) is 0 Å². The molecule has 1 unspecified atom stereocenters. The van der Waals surface area contributed by atoms with Gasteiger partial charge in [0.15, 0.2) is 0 Å². The van der Waals surface area contributed by atoms with E-state index in [1.807, 2.05) is 19.2 Å². The Morgan fingerprint density at radius 3 is 2.89 bits per heavy atom. The molecular formula is C15H19BrFN. The summed E-state index contributed by atoms with van der Waals surface area (Å²) in [5, 5.41) is 3.25. The molecule has 1 aliphatic rings. The van der Waals surface area contributed by atoms with Crippen molar-refractivity contribution >= 4 is 15.9 Å². The Balaban J connectivity index is 2.32. The van der Waals surface area contributed by atoms with Crippen LogP contribution >= 0.6 is 15.9 Å². The van der Waals surface area contributed by atoms with Crippen LogP contribution in [0.2, 0.25) is 0 Å². The van der Waals surface area contributed by atoms with Crippen LogP contribution in [-0.4, -0.2) is 7.05 Å². The fourth-order valence-electron chi connectivity index (χ4n) is 2.59. The fraction of sp³-hybridized carbons (Fsp3) is 0.467. The molecule has 0 spiro atoms. The zero-order valence-electron chi connectivity index (χ0n) is 10.7. The number of benzene rings is 1. The van der Waals surface area contributed by atoms with Crippen LogP contribution in [0.1, 0.15) is 43.7 Å². The molecule has 1 nitrogen and oxygen atoms in total. The van der Waals surface area contributed by atoms with Gasteiger partial charge < -0.3 is 5.32 Å². The molecule has 1 aliphatic carbocycles. The third-order valence-electron chi connectivity index (χ3n) is 3.53. The Labute approximate surface area is 117 Å². The molecule has 0 saturated heterocycles. The van der Waals surface area contributed by atoms with E-state index in [1.165, 1.54) is 24.8 Å². The first-order valence-corrected chi connectivity index (χ1v) is 7.33. The number of hydrogen-bond acceptors (Lipinski definition) is 1. The quantitative estimate of drug-likeness (QED) is 0.795. The highest BCUT2D eigenvalue weighted by Gasteiger charge is 2.20. The summed E-state index contributed by atoms with van der Waals surface area (Å²) >= 11 is 3.26. The monoisotopic (exact) mass is 311 g/mol. The van der Waals surface area contributed by atoms with Crippen LogP contribution in [0.5, 0.6) is 0 Å². The van der Waals surface area contributed by atoms with Gasteiger partial charge in [-0.3, -0.25) is 0 Å². The van der Waals surface area contributed by atoms with Crippen molar-refractivity contribution in [3.05, 3.63) is 45.7 Å².